The lowest BCUT2D eigenvalue weighted by molar-refractivity contribution is 0.102. The number of ether oxygens (including phenoxy) is 1. The fourth-order valence-electron chi connectivity index (χ4n) is 1.68. The van der Waals surface area contributed by atoms with Gasteiger partial charge in [0.25, 0.3) is 5.91 Å². The van der Waals surface area contributed by atoms with E-state index in [0.29, 0.717) is 24.0 Å². The van der Waals surface area contributed by atoms with Gasteiger partial charge < -0.3 is 10.1 Å². The Hall–Kier alpha value is -2.43. The Morgan fingerprint density at radius 1 is 1.20 bits per heavy atom. The SMILES string of the molecule is CCOc1cccc(C(=O)Nc2ccc(F)cc2F)c1. The van der Waals surface area contributed by atoms with Crippen molar-refractivity contribution in [2.45, 2.75) is 6.92 Å². The molecule has 0 aliphatic carbocycles. The number of halogens is 2. The molecule has 1 N–H and O–H groups in total. The van der Waals surface area contributed by atoms with E-state index in [1.807, 2.05) is 6.92 Å². The van der Waals surface area contributed by atoms with Gasteiger partial charge in [0.15, 0.2) is 0 Å². The Morgan fingerprint density at radius 3 is 2.70 bits per heavy atom. The first-order valence-electron chi connectivity index (χ1n) is 6.09. The van der Waals surface area contributed by atoms with Gasteiger partial charge in [0, 0.05) is 11.6 Å². The minimum atomic E-state index is -0.820. The number of hydrogen-bond donors (Lipinski definition) is 1. The van der Waals surface area contributed by atoms with Crippen LogP contribution in [0.2, 0.25) is 0 Å². The molecule has 2 rings (SSSR count). The van der Waals surface area contributed by atoms with Crippen molar-refractivity contribution in [3.05, 3.63) is 59.7 Å². The summed E-state index contributed by atoms with van der Waals surface area (Å²) in [5.41, 5.74) is 0.262. The van der Waals surface area contributed by atoms with E-state index in [1.54, 1.807) is 24.3 Å². The summed E-state index contributed by atoms with van der Waals surface area (Å²) in [6, 6.07) is 9.50. The average Bonchev–Trinajstić information content (AvgIpc) is 2.42. The van der Waals surface area contributed by atoms with Crippen LogP contribution in [0.25, 0.3) is 0 Å². The third-order valence-corrected chi connectivity index (χ3v) is 2.59. The van der Waals surface area contributed by atoms with Gasteiger partial charge in [-0.2, -0.15) is 0 Å². The summed E-state index contributed by atoms with van der Waals surface area (Å²) in [6.45, 7) is 2.32. The number of nitrogens with one attached hydrogen (secondary N) is 1. The Morgan fingerprint density at radius 2 is 2.00 bits per heavy atom. The minimum Gasteiger partial charge on any atom is -0.494 e. The lowest BCUT2D eigenvalue weighted by Gasteiger charge is -2.08. The van der Waals surface area contributed by atoms with E-state index >= 15 is 0 Å². The maximum absolute atomic E-state index is 13.4. The molecule has 0 spiro atoms. The first-order chi connectivity index (χ1) is 9.60. The second-order valence-electron chi connectivity index (χ2n) is 4.04. The molecule has 20 heavy (non-hydrogen) atoms. The highest BCUT2D eigenvalue weighted by atomic mass is 19.1. The van der Waals surface area contributed by atoms with E-state index in [2.05, 4.69) is 5.32 Å². The molecule has 1 amide bonds. The van der Waals surface area contributed by atoms with Gasteiger partial charge in [-0.1, -0.05) is 6.07 Å². The molecule has 0 radical (unpaired) electrons. The molecule has 0 saturated carbocycles. The molecular formula is C15H13F2NO2. The summed E-state index contributed by atoms with van der Waals surface area (Å²) in [7, 11) is 0. The second kappa shape index (κ2) is 6.14. The molecule has 5 heteroatoms. The number of benzene rings is 2. The molecule has 2 aromatic rings. The lowest BCUT2D eigenvalue weighted by atomic mass is 10.2. The first-order valence-corrected chi connectivity index (χ1v) is 6.09. The normalized spacial score (nSPS) is 10.2. The van der Waals surface area contributed by atoms with Gasteiger partial charge in [-0.15, -0.1) is 0 Å². The van der Waals surface area contributed by atoms with Crippen molar-refractivity contribution in [2.24, 2.45) is 0 Å². The van der Waals surface area contributed by atoms with E-state index in [1.165, 1.54) is 6.07 Å². The largest absolute Gasteiger partial charge is 0.494 e. The quantitative estimate of drug-likeness (QED) is 0.927. The zero-order valence-electron chi connectivity index (χ0n) is 10.8. The number of amides is 1. The summed E-state index contributed by atoms with van der Waals surface area (Å²) in [6.07, 6.45) is 0. The van der Waals surface area contributed by atoms with Gasteiger partial charge in [-0.25, -0.2) is 8.78 Å². The lowest BCUT2D eigenvalue weighted by Crippen LogP contribution is -2.13. The maximum Gasteiger partial charge on any atom is 0.255 e. The Kier molecular flexibility index (Phi) is 4.30. The van der Waals surface area contributed by atoms with E-state index < -0.39 is 17.5 Å². The average molecular weight is 277 g/mol. The van der Waals surface area contributed by atoms with Crippen LogP contribution in [0.15, 0.2) is 42.5 Å². The van der Waals surface area contributed by atoms with Crippen molar-refractivity contribution in [1.29, 1.82) is 0 Å². The summed E-state index contributed by atoms with van der Waals surface area (Å²) < 4.78 is 31.5. The van der Waals surface area contributed by atoms with Crippen LogP contribution in [-0.4, -0.2) is 12.5 Å². The van der Waals surface area contributed by atoms with Crippen molar-refractivity contribution in [2.75, 3.05) is 11.9 Å². The Balaban J connectivity index is 2.17. The minimum absolute atomic E-state index is 0.0711. The van der Waals surface area contributed by atoms with Gasteiger partial charge in [-0.3, -0.25) is 4.79 Å². The summed E-state index contributed by atoms with van der Waals surface area (Å²) in [5.74, 6) is -1.45. The Labute approximate surface area is 115 Å². The van der Waals surface area contributed by atoms with Gasteiger partial charge in [-0.05, 0) is 37.3 Å². The van der Waals surface area contributed by atoms with Crippen LogP contribution in [-0.2, 0) is 0 Å². The zero-order chi connectivity index (χ0) is 14.5. The molecule has 0 heterocycles. The molecular weight excluding hydrogens is 264 g/mol. The number of carbonyl (C=O) groups excluding carboxylic acids is 1. The molecule has 2 aromatic carbocycles. The van der Waals surface area contributed by atoms with Crippen LogP contribution in [0.3, 0.4) is 0 Å². The molecule has 3 nitrogen and oxygen atoms in total. The predicted molar refractivity (Wildman–Crippen MR) is 71.9 cm³/mol. The first kappa shape index (κ1) is 14.0. The van der Waals surface area contributed by atoms with Crippen LogP contribution in [0.5, 0.6) is 5.75 Å². The smallest absolute Gasteiger partial charge is 0.255 e. The Bertz CT molecular complexity index is 629. The third kappa shape index (κ3) is 3.32. The van der Waals surface area contributed by atoms with Crippen LogP contribution >= 0.6 is 0 Å². The fourth-order valence-corrected chi connectivity index (χ4v) is 1.68. The molecule has 104 valence electrons. The van der Waals surface area contributed by atoms with Crippen LogP contribution in [0, 0.1) is 11.6 Å². The van der Waals surface area contributed by atoms with Crippen molar-refractivity contribution >= 4 is 11.6 Å². The van der Waals surface area contributed by atoms with E-state index in [9.17, 15) is 13.6 Å². The number of anilines is 1. The molecule has 0 fully saturated rings. The van der Waals surface area contributed by atoms with Crippen molar-refractivity contribution in [3.8, 4) is 5.75 Å². The number of hydrogen-bond acceptors (Lipinski definition) is 2. The standard InChI is InChI=1S/C15H13F2NO2/c1-2-20-12-5-3-4-10(8-12)15(19)18-14-7-6-11(16)9-13(14)17/h3-9H,2H2,1H3,(H,18,19). The van der Waals surface area contributed by atoms with Crippen LogP contribution < -0.4 is 10.1 Å². The molecule has 0 aliphatic rings. The van der Waals surface area contributed by atoms with Gasteiger partial charge in [0.2, 0.25) is 0 Å². The highest BCUT2D eigenvalue weighted by Gasteiger charge is 2.10. The fraction of sp³-hybridized carbons (Fsp3) is 0.133. The molecule has 0 unspecified atom stereocenters. The molecule has 0 aromatic heterocycles. The van der Waals surface area contributed by atoms with Crippen molar-refractivity contribution in [1.82, 2.24) is 0 Å². The van der Waals surface area contributed by atoms with Gasteiger partial charge in [0.1, 0.15) is 17.4 Å². The van der Waals surface area contributed by atoms with Crippen molar-refractivity contribution < 1.29 is 18.3 Å². The molecule has 0 atom stereocenters. The second-order valence-corrected chi connectivity index (χ2v) is 4.04. The predicted octanol–water partition coefficient (Wildman–Crippen LogP) is 3.62. The third-order valence-electron chi connectivity index (χ3n) is 2.59. The van der Waals surface area contributed by atoms with E-state index in [4.69, 9.17) is 4.74 Å². The van der Waals surface area contributed by atoms with Crippen LogP contribution in [0.4, 0.5) is 14.5 Å². The summed E-state index contributed by atoms with van der Waals surface area (Å²) in [4.78, 5) is 12.0. The van der Waals surface area contributed by atoms with E-state index in [0.717, 1.165) is 6.07 Å². The highest BCUT2D eigenvalue weighted by Crippen LogP contribution is 2.18. The van der Waals surface area contributed by atoms with E-state index in [-0.39, 0.29) is 5.69 Å². The monoisotopic (exact) mass is 277 g/mol. The van der Waals surface area contributed by atoms with Gasteiger partial charge >= 0.3 is 0 Å². The number of carbonyl (C=O) groups is 1. The van der Waals surface area contributed by atoms with Crippen LogP contribution in [0.1, 0.15) is 17.3 Å². The summed E-state index contributed by atoms with van der Waals surface area (Å²) >= 11 is 0. The zero-order valence-corrected chi connectivity index (χ0v) is 10.8. The topological polar surface area (TPSA) is 38.3 Å². The molecule has 0 aliphatic heterocycles. The highest BCUT2D eigenvalue weighted by molar-refractivity contribution is 6.04. The molecule has 0 saturated heterocycles. The molecule has 0 bridgehead atoms. The van der Waals surface area contributed by atoms with Gasteiger partial charge in [0.05, 0.1) is 12.3 Å². The number of rotatable bonds is 4. The summed E-state index contributed by atoms with van der Waals surface area (Å²) in [5, 5.41) is 2.39. The van der Waals surface area contributed by atoms with Crippen molar-refractivity contribution in [3.63, 3.8) is 0 Å². The maximum atomic E-state index is 13.4.